The summed E-state index contributed by atoms with van der Waals surface area (Å²) in [6, 6.07) is 6.20. The molecule has 0 fully saturated rings. The monoisotopic (exact) mass is 205 g/mol. The minimum atomic E-state index is -1.36. The standard InChI is InChI=1S/C11H16BNO2/c1-8(2)13-6-9-3-4-11(12(14)15)5-10(9)7-13/h3-5,8,14-15H,6-7H2,1-2H3. The van der Waals surface area contributed by atoms with E-state index in [1.54, 1.807) is 6.07 Å². The van der Waals surface area contributed by atoms with Gasteiger partial charge in [-0.3, -0.25) is 4.90 Å². The first-order valence-corrected chi connectivity index (χ1v) is 5.30. The molecule has 0 bridgehead atoms. The van der Waals surface area contributed by atoms with E-state index in [9.17, 15) is 0 Å². The zero-order valence-electron chi connectivity index (χ0n) is 9.14. The Morgan fingerprint density at radius 1 is 1.20 bits per heavy atom. The van der Waals surface area contributed by atoms with Crippen LogP contribution in [0, 0.1) is 0 Å². The summed E-state index contributed by atoms with van der Waals surface area (Å²) in [5, 5.41) is 18.1. The molecule has 3 nitrogen and oxygen atoms in total. The van der Waals surface area contributed by atoms with Gasteiger partial charge in [-0.1, -0.05) is 18.2 Å². The third kappa shape index (κ3) is 2.07. The summed E-state index contributed by atoms with van der Waals surface area (Å²) in [5.41, 5.74) is 3.10. The number of hydrogen-bond acceptors (Lipinski definition) is 3. The van der Waals surface area contributed by atoms with Gasteiger partial charge in [0.15, 0.2) is 0 Å². The van der Waals surface area contributed by atoms with Gasteiger partial charge in [-0.05, 0) is 30.4 Å². The van der Waals surface area contributed by atoms with Crippen LogP contribution in [0.25, 0.3) is 0 Å². The third-order valence-corrected chi connectivity index (χ3v) is 3.01. The highest BCUT2D eigenvalue weighted by Crippen LogP contribution is 2.23. The molecule has 0 aromatic heterocycles. The number of nitrogens with zero attached hydrogens (tertiary/aromatic N) is 1. The summed E-state index contributed by atoms with van der Waals surface area (Å²) in [6.45, 7) is 6.23. The summed E-state index contributed by atoms with van der Waals surface area (Å²) < 4.78 is 0. The molecule has 0 atom stereocenters. The van der Waals surface area contributed by atoms with Gasteiger partial charge in [-0.15, -0.1) is 0 Å². The maximum atomic E-state index is 9.07. The second-order valence-corrected chi connectivity index (χ2v) is 4.40. The maximum absolute atomic E-state index is 9.07. The fourth-order valence-electron chi connectivity index (χ4n) is 1.97. The van der Waals surface area contributed by atoms with Crippen molar-refractivity contribution in [2.24, 2.45) is 0 Å². The smallest absolute Gasteiger partial charge is 0.423 e. The molecule has 1 aliphatic rings. The maximum Gasteiger partial charge on any atom is 0.488 e. The Hall–Kier alpha value is -0.835. The molecule has 1 aromatic rings. The van der Waals surface area contributed by atoms with Crippen LogP contribution in [0.15, 0.2) is 18.2 Å². The van der Waals surface area contributed by atoms with Crippen molar-refractivity contribution in [3.05, 3.63) is 29.3 Å². The molecule has 0 aliphatic carbocycles. The molecule has 2 rings (SSSR count). The Labute approximate surface area is 90.5 Å². The molecule has 1 aliphatic heterocycles. The average Bonchev–Trinajstić information content (AvgIpc) is 2.59. The molecule has 0 radical (unpaired) electrons. The van der Waals surface area contributed by atoms with E-state index in [0.29, 0.717) is 11.5 Å². The largest absolute Gasteiger partial charge is 0.488 e. The van der Waals surface area contributed by atoms with Crippen LogP contribution in [0.4, 0.5) is 0 Å². The summed E-state index contributed by atoms with van der Waals surface area (Å²) in [4.78, 5) is 2.36. The van der Waals surface area contributed by atoms with Crippen LogP contribution in [0.3, 0.4) is 0 Å². The predicted molar refractivity (Wildman–Crippen MR) is 60.7 cm³/mol. The van der Waals surface area contributed by atoms with Crippen molar-refractivity contribution in [2.75, 3.05) is 0 Å². The van der Waals surface area contributed by atoms with Gasteiger partial charge in [-0.25, -0.2) is 0 Å². The molecule has 1 heterocycles. The molecule has 1 aromatic carbocycles. The van der Waals surface area contributed by atoms with Crippen LogP contribution in [-0.4, -0.2) is 28.1 Å². The van der Waals surface area contributed by atoms with E-state index in [1.807, 2.05) is 12.1 Å². The lowest BCUT2D eigenvalue weighted by Crippen LogP contribution is -2.30. The quantitative estimate of drug-likeness (QED) is 0.672. The van der Waals surface area contributed by atoms with Crippen molar-refractivity contribution >= 4 is 12.6 Å². The predicted octanol–water partition coefficient (Wildman–Crippen LogP) is 0.0904. The number of hydrogen-bond donors (Lipinski definition) is 2. The molecule has 2 N–H and O–H groups in total. The van der Waals surface area contributed by atoms with Gasteiger partial charge >= 0.3 is 7.12 Å². The molecule has 80 valence electrons. The molecule has 0 spiro atoms. The average molecular weight is 205 g/mol. The van der Waals surface area contributed by atoms with Crippen molar-refractivity contribution in [3.8, 4) is 0 Å². The lowest BCUT2D eigenvalue weighted by atomic mass is 9.79. The normalized spacial score (nSPS) is 15.8. The van der Waals surface area contributed by atoms with Crippen LogP contribution in [0.1, 0.15) is 25.0 Å². The fourth-order valence-corrected chi connectivity index (χ4v) is 1.97. The van der Waals surface area contributed by atoms with Crippen LogP contribution < -0.4 is 5.46 Å². The van der Waals surface area contributed by atoms with Gasteiger partial charge in [-0.2, -0.15) is 0 Å². The highest BCUT2D eigenvalue weighted by Gasteiger charge is 2.22. The molecule has 15 heavy (non-hydrogen) atoms. The van der Waals surface area contributed by atoms with Crippen molar-refractivity contribution < 1.29 is 10.0 Å². The molecule has 0 saturated heterocycles. The first-order chi connectivity index (χ1) is 7.08. The van der Waals surface area contributed by atoms with E-state index in [0.717, 1.165) is 13.1 Å². The Kier molecular flexibility index (Phi) is 2.82. The minimum absolute atomic E-state index is 0.528. The second-order valence-electron chi connectivity index (χ2n) is 4.40. The molecule has 0 saturated carbocycles. The Bertz CT molecular complexity index is 366. The Morgan fingerprint density at radius 2 is 1.87 bits per heavy atom. The van der Waals surface area contributed by atoms with E-state index in [1.165, 1.54) is 11.1 Å². The van der Waals surface area contributed by atoms with Crippen LogP contribution in [0.2, 0.25) is 0 Å². The SMILES string of the molecule is CC(C)N1Cc2ccc(B(O)O)cc2C1. The molecule has 4 heteroatoms. The van der Waals surface area contributed by atoms with Crippen molar-refractivity contribution in [1.82, 2.24) is 4.90 Å². The number of fused-ring (bicyclic) bond motifs is 1. The summed E-state index contributed by atoms with van der Waals surface area (Å²) in [7, 11) is -1.36. The van der Waals surface area contributed by atoms with E-state index >= 15 is 0 Å². The Morgan fingerprint density at radius 3 is 2.47 bits per heavy atom. The second kappa shape index (κ2) is 3.97. The van der Waals surface area contributed by atoms with Gasteiger partial charge in [0.1, 0.15) is 0 Å². The highest BCUT2D eigenvalue weighted by atomic mass is 16.4. The molecular formula is C11H16BNO2. The third-order valence-electron chi connectivity index (χ3n) is 3.01. The van der Waals surface area contributed by atoms with Crippen molar-refractivity contribution in [3.63, 3.8) is 0 Å². The highest BCUT2D eigenvalue weighted by molar-refractivity contribution is 6.58. The van der Waals surface area contributed by atoms with E-state index in [2.05, 4.69) is 18.7 Å². The van der Waals surface area contributed by atoms with Gasteiger partial charge in [0, 0.05) is 19.1 Å². The first-order valence-electron chi connectivity index (χ1n) is 5.30. The zero-order valence-corrected chi connectivity index (χ0v) is 9.14. The van der Waals surface area contributed by atoms with E-state index < -0.39 is 7.12 Å². The topological polar surface area (TPSA) is 43.7 Å². The molecule has 0 amide bonds. The fraction of sp³-hybridized carbons (Fsp3) is 0.455. The minimum Gasteiger partial charge on any atom is -0.423 e. The Balaban J connectivity index is 2.24. The number of rotatable bonds is 2. The van der Waals surface area contributed by atoms with Crippen LogP contribution in [-0.2, 0) is 13.1 Å². The number of benzene rings is 1. The van der Waals surface area contributed by atoms with Gasteiger partial charge in [0.05, 0.1) is 0 Å². The van der Waals surface area contributed by atoms with Crippen molar-refractivity contribution in [1.29, 1.82) is 0 Å². The lowest BCUT2D eigenvalue weighted by Gasteiger charge is -2.18. The summed E-state index contributed by atoms with van der Waals surface area (Å²) >= 11 is 0. The van der Waals surface area contributed by atoms with Gasteiger partial charge in [0.25, 0.3) is 0 Å². The first kappa shape index (κ1) is 10.7. The van der Waals surface area contributed by atoms with Gasteiger partial charge in [0.2, 0.25) is 0 Å². The van der Waals surface area contributed by atoms with Crippen LogP contribution in [0.5, 0.6) is 0 Å². The zero-order chi connectivity index (χ0) is 11.0. The lowest BCUT2D eigenvalue weighted by molar-refractivity contribution is 0.227. The van der Waals surface area contributed by atoms with E-state index in [4.69, 9.17) is 10.0 Å². The summed E-state index contributed by atoms with van der Waals surface area (Å²) in [6.07, 6.45) is 0. The van der Waals surface area contributed by atoms with Crippen molar-refractivity contribution in [2.45, 2.75) is 33.0 Å². The van der Waals surface area contributed by atoms with E-state index in [-0.39, 0.29) is 0 Å². The molecule has 0 unspecified atom stereocenters. The molecular weight excluding hydrogens is 189 g/mol. The summed E-state index contributed by atoms with van der Waals surface area (Å²) in [5.74, 6) is 0. The van der Waals surface area contributed by atoms with Gasteiger partial charge < -0.3 is 10.0 Å². The van der Waals surface area contributed by atoms with Crippen LogP contribution >= 0.6 is 0 Å².